The Morgan fingerprint density at radius 1 is 1.10 bits per heavy atom. The fraction of sp³-hybridized carbons (Fsp3) is 0.304. The van der Waals surface area contributed by atoms with E-state index in [1.54, 1.807) is 6.20 Å². The fourth-order valence-electron chi connectivity index (χ4n) is 3.88. The van der Waals surface area contributed by atoms with Crippen molar-refractivity contribution in [1.29, 1.82) is 0 Å². The van der Waals surface area contributed by atoms with Crippen LogP contribution in [0.1, 0.15) is 36.0 Å². The number of anilines is 1. The Labute approximate surface area is 179 Å². The second-order valence-corrected chi connectivity index (χ2v) is 8.03. The van der Waals surface area contributed by atoms with Gasteiger partial charge >= 0.3 is 0 Å². The molecule has 1 amide bonds. The standard InChI is InChI=1S/C23H24N6O2/c1-15(2)21-26-27-22(31-21)18-4-3-8-25-20(18)28-10-12-29(13-11-28)23(30)17-5-6-19-16(14-17)7-9-24-19/h3-9,14-15,24H,10-13H2,1-2H3. The third-order valence-electron chi connectivity index (χ3n) is 5.62. The third kappa shape index (κ3) is 3.65. The molecule has 5 rings (SSSR count). The van der Waals surface area contributed by atoms with Gasteiger partial charge in [-0.2, -0.15) is 0 Å². The zero-order chi connectivity index (χ0) is 21.4. The molecule has 1 N–H and O–H groups in total. The number of pyridine rings is 1. The summed E-state index contributed by atoms with van der Waals surface area (Å²) in [6.07, 6.45) is 3.65. The Balaban J connectivity index is 1.32. The minimum atomic E-state index is 0.0578. The molecule has 0 atom stereocenters. The van der Waals surface area contributed by atoms with Crippen LogP contribution in [0.2, 0.25) is 0 Å². The fourth-order valence-corrected chi connectivity index (χ4v) is 3.88. The van der Waals surface area contributed by atoms with E-state index in [1.165, 1.54) is 0 Å². The SMILES string of the molecule is CC(C)c1nnc(-c2cccnc2N2CCN(C(=O)c3ccc4[nH]ccc4c3)CC2)o1. The highest BCUT2D eigenvalue weighted by Crippen LogP contribution is 2.30. The first-order valence-electron chi connectivity index (χ1n) is 10.5. The Bertz CT molecular complexity index is 1220. The topological polar surface area (TPSA) is 91.2 Å². The molecule has 0 unspecified atom stereocenters. The van der Waals surface area contributed by atoms with Crippen LogP contribution in [0.15, 0.2) is 53.2 Å². The zero-order valence-corrected chi connectivity index (χ0v) is 17.6. The number of fused-ring (bicyclic) bond motifs is 1. The van der Waals surface area contributed by atoms with Crippen molar-refractivity contribution in [3.8, 4) is 11.5 Å². The summed E-state index contributed by atoms with van der Waals surface area (Å²) < 4.78 is 5.85. The molecular weight excluding hydrogens is 392 g/mol. The number of hydrogen-bond donors (Lipinski definition) is 1. The molecule has 1 aliphatic heterocycles. The van der Waals surface area contributed by atoms with Crippen molar-refractivity contribution in [3.63, 3.8) is 0 Å². The highest BCUT2D eigenvalue weighted by molar-refractivity contribution is 5.98. The smallest absolute Gasteiger partial charge is 0.253 e. The van der Waals surface area contributed by atoms with Crippen molar-refractivity contribution in [2.24, 2.45) is 0 Å². The lowest BCUT2D eigenvalue weighted by Crippen LogP contribution is -2.49. The first-order valence-corrected chi connectivity index (χ1v) is 10.5. The molecular formula is C23H24N6O2. The number of nitrogens with zero attached hydrogens (tertiary/aromatic N) is 5. The zero-order valence-electron chi connectivity index (χ0n) is 17.6. The quantitative estimate of drug-likeness (QED) is 0.545. The number of hydrogen-bond acceptors (Lipinski definition) is 6. The second kappa shape index (κ2) is 7.86. The summed E-state index contributed by atoms with van der Waals surface area (Å²) in [6.45, 7) is 6.67. The van der Waals surface area contributed by atoms with Gasteiger partial charge in [0.15, 0.2) is 0 Å². The summed E-state index contributed by atoms with van der Waals surface area (Å²) in [5.41, 5.74) is 2.57. The molecule has 3 aromatic heterocycles. The molecule has 1 aliphatic rings. The van der Waals surface area contributed by atoms with Crippen molar-refractivity contribution in [2.45, 2.75) is 19.8 Å². The predicted molar refractivity (Wildman–Crippen MR) is 118 cm³/mol. The Morgan fingerprint density at radius 3 is 2.71 bits per heavy atom. The maximum absolute atomic E-state index is 13.0. The first kappa shape index (κ1) is 19.3. The number of carbonyl (C=O) groups is 1. The molecule has 8 nitrogen and oxygen atoms in total. The number of carbonyl (C=O) groups excluding carboxylic acids is 1. The van der Waals surface area contributed by atoms with Gasteiger partial charge in [-0.1, -0.05) is 13.8 Å². The second-order valence-electron chi connectivity index (χ2n) is 8.03. The number of piperazine rings is 1. The Hall–Kier alpha value is -3.68. The van der Waals surface area contributed by atoms with Gasteiger partial charge in [-0.3, -0.25) is 4.79 Å². The van der Waals surface area contributed by atoms with Gasteiger partial charge < -0.3 is 19.2 Å². The number of aromatic amines is 1. The molecule has 4 heterocycles. The lowest BCUT2D eigenvalue weighted by Gasteiger charge is -2.36. The molecule has 0 bridgehead atoms. The van der Waals surface area contributed by atoms with Gasteiger partial charge in [0, 0.05) is 61.0 Å². The maximum atomic E-state index is 13.0. The lowest BCUT2D eigenvalue weighted by atomic mass is 10.1. The molecule has 1 saturated heterocycles. The van der Waals surface area contributed by atoms with Crippen molar-refractivity contribution >= 4 is 22.6 Å². The largest absolute Gasteiger partial charge is 0.420 e. The van der Waals surface area contributed by atoms with Gasteiger partial charge in [-0.15, -0.1) is 10.2 Å². The Kier molecular flexibility index (Phi) is 4.89. The summed E-state index contributed by atoms with van der Waals surface area (Å²) >= 11 is 0. The van der Waals surface area contributed by atoms with Crippen LogP contribution in [0, 0.1) is 0 Å². The van der Waals surface area contributed by atoms with Crippen molar-refractivity contribution in [2.75, 3.05) is 31.1 Å². The molecule has 1 fully saturated rings. The van der Waals surface area contributed by atoms with Crippen LogP contribution in [0.25, 0.3) is 22.4 Å². The van der Waals surface area contributed by atoms with E-state index < -0.39 is 0 Å². The summed E-state index contributed by atoms with van der Waals surface area (Å²) in [4.78, 5) is 24.8. The molecule has 1 aromatic carbocycles. The molecule has 158 valence electrons. The van der Waals surface area contributed by atoms with Gasteiger partial charge in [-0.25, -0.2) is 4.98 Å². The van der Waals surface area contributed by atoms with E-state index in [-0.39, 0.29) is 11.8 Å². The number of benzene rings is 1. The molecule has 0 saturated carbocycles. The average molecular weight is 416 g/mol. The minimum absolute atomic E-state index is 0.0578. The van der Waals surface area contributed by atoms with E-state index in [0.717, 1.165) is 22.3 Å². The maximum Gasteiger partial charge on any atom is 0.253 e. The molecule has 4 aromatic rings. The van der Waals surface area contributed by atoms with Gasteiger partial charge in [0.2, 0.25) is 5.89 Å². The summed E-state index contributed by atoms with van der Waals surface area (Å²) in [6, 6.07) is 11.6. The molecule has 31 heavy (non-hydrogen) atoms. The molecule has 0 aliphatic carbocycles. The average Bonchev–Trinajstić information content (AvgIpc) is 3.48. The lowest BCUT2D eigenvalue weighted by molar-refractivity contribution is 0.0746. The Morgan fingerprint density at radius 2 is 1.94 bits per heavy atom. The van der Waals surface area contributed by atoms with E-state index in [9.17, 15) is 4.79 Å². The van der Waals surface area contributed by atoms with Crippen LogP contribution < -0.4 is 4.90 Å². The van der Waals surface area contributed by atoms with Crippen LogP contribution >= 0.6 is 0 Å². The van der Waals surface area contributed by atoms with Crippen LogP contribution in [0.3, 0.4) is 0 Å². The number of nitrogens with one attached hydrogen (secondary N) is 1. The number of amides is 1. The van der Waals surface area contributed by atoms with Crippen LogP contribution in [0.4, 0.5) is 5.82 Å². The molecule has 8 heteroatoms. The minimum Gasteiger partial charge on any atom is -0.420 e. The molecule has 0 radical (unpaired) electrons. The van der Waals surface area contributed by atoms with Crippen LogP contribution in [0.5, 0.6) is 0 Å². The van der Waals surface area contributed by atoms with E-state index in [1.807, 2.05) is 61.3 Å². The highest BCUT2D eigenvalue weighted by Gasteiger charge is 2.26. The van der Waals surface area contributed by atoms with Crippen molar-refractivity contribution in [3.05, 3.63) is 60.2 Å². The third-order valence-corrected chi connectivity index (χ3v) is 5.62. The van der Waals surface area contributed by atoms with Gasteiger partial charge in [0.25, 0.3) is 11.8 Å². The summed E-state index contributed by atoms with van der Waals surface area (Å²) in [7, 11) is 0. The van der Waals surface area contributed by atoms with Crippen molar-refractivity contribution < 1.29 is 9.21 Å². The first-order chi connectivity index (χ1) is 15.1. The monoisotopic (exact) mass is 416 g/mol. The van der Waals surface area contributed by atoms with Crippen molar-refractivity contribution in [1.82, 2.24) is 25.1 Å². The van der Waals surface area contributed by atoms with E-state index in [0.29, 0.717) is 43.5 Å². The normalized spacial score (nSPS) is 14.5. The van der Waals surface area contributed by atoms with Crippen LogP contribution in [-0.4, -0.2) is 57.2 Å². The van der Waals surface area contributed by atoms with E-state index >= 15 is 0 Å². The number of rotatable bonds is 4. The number of H-pyrrole nitrogens is 1. The summed E-state index contributed by atoms with van der Waals surface area (Å²) in [5, 5.41) is 9.41. The molecule has 0 spiro atoms. The number of aromatic nitrogens is 4. The highest BCUT2D eigenvalue weighted by atomic mass is 16.4. The predicted octanol–water partition coefficient (Wildman–Crippen LogP) is 3.70. The van der Waals surface area contributed by atoms with Crippen LogP contribution in [-0.2, 0) is 0 Å². The summed E-state index contributed by atoms with van der Waals surface area (Å²) in [5.74, 6) is 2.12. The van der Waals surface area contributed by atoms with Gasteiger partial charge in [0.1, 0.15) is 5.82 Å². The van der Waals surface area contributed by atoms with Gasteiger partial charge in [-0.05, 0) is 36.4 Å². The van der Waals surface area contributed by atoms with E-state index in [2.05, 4.69) is 25.1 Å². The van der Waals surface area contributed by atoms with Gasteiger partial charge in [0.05, 0.1) is 5.56 Å². The van der Waals surface area contributed by atoms with E-state index in [4.69, 9.17) is 4.42 Å².